The third-order valence-electron chi connectivity index (χ3n) is 6.21. The monoisotopic (exact) mass is 433 g/mol. The van der Waals surface area contributed by atoms with Gasteiger partial charge < -0.3 is 10.2 Å². The zero-order valence-corrected chi connectivity index (χ0v) is 19.2. The second-order valence-electron chi connectivity index (χ2n) is 8.38. The number of aryl methyl sites for hydroxylation is 2. The molecule has 0 aliphatic carbocycles. The SMILES string of the molecule is CC(=O)NCc1ccc(-c2nccnc2N2CCN(C(C)c3c(C)n[nH]c3C)CC2)cc1. The molecule has 0 radical (unpaired) electrons. The molecule has 1 aliphatic rings. The lowest BCUT2D eigenvalue weighted by molar-refractivity contribution is -0.119. The van der Waals surface area contributed by atoms with Crippen LogP contribution < -0.4 is 10.2 Å². The Labute approximate surface area is 189 Å². The molecular formula is C24H31N7O. The zero-order valence-electron chi connectivity index (χ0n) is 19.2. The Balaban J connectivity index is 1.46. The van der Waals surface area contributed by atoms with Crippen LogP contribution in [0, 0.1) is 13.8 Å². The highest BCUT2D eigenvalue weighted by Crippen LogP contribution is 2.30. The van der Waals surface area contributed by atoms with Crippen molar-refractivity contribution < 1.29 is 4.79 Å². The van der Waals surface area contributed by atoms with Gasteiger partial charge in [0.1, 0.15) is 5.69 Å². The number of hydrogen-bond acceptors (Lipinski definition) is 6. The van der Waals surface area contributed by atoms with Crippen LogP contribution >= 0.6 is 0 Å². The van der Waals surface area contributed by atoms with E-state index < -0.39 is 0 Å². The van der Waals surface area contributed by atoms with Gasteiger partial charge in [0.15, 0.2) is 5.82 Å². The lowest BCUT2D eigenvalue weighted by atomic mass is 10.0. The molecule has 3 aromatic rings. The highest BCUT2D eigenvalue weighted by atomic mass is 16.1. The summed E-state index contributed by atoms with van der Waals surface area (Å²) in [5.74, 6) is 0.891. The normalized spacial score (nSPS) is 15.6. The average molecular weight is 434 g/mol. The van der Waals surface area contributed by atoms with Crippen LogP contribution in [-0.4, -0.2) is 57.2 Å². The molecule has 3 heterocycles. The molecule has 8 nitrogen and oxygen atoms in total. The van der Waals surface area contributed by atoms with Gasteiger partial charge in [-0.05, 0) is 26.3 Å². The fourth-order valence-electron chi connectivity index (χ4n) is 4.45. The van der Waals surface area contributed by atoms with Crippen molar-refractivity contribution in [1.82, 2.24) is 30.4 Å². The standard InChI is InChI=1S/C24H31N7O/c1-16-22(17(2)29-28-16)18(3)30-11-13-31(14-12-30)24-23(25-9-10-26-24)21-7-5-20(6-8-21)15-27-19(4)32/h5-10,18H,11-15H2,1-4H3,(H,27,32)(H,28,29). The predicted octanol–water partition coefficient (Wildman–Crippen LogP) is 3.00. The van der Waals surface area contributed by atoms with E-state index >= 15 is 0 Å². The van der Waals surface area contributed by atoms with E-state index in [1.54, 1.807) is 12.4 Å². The topological polar surface area (TPSA) is 90.0 Å². The minimum Gasteiger partial charge on any atom is -0.352 e. The number of rotatable bonds is 6. The maximum absolute atomic E-state index is 11.1. The second-order valence-corrected chi connectivity index (χ2v) is 8.38. The van der Waals surface area contributed by atoms with Gasteiger partial charge in [0.05, 0.1) is 5.69 Å². The number of amides is 1. The molecule has 4 rings (SSSR count). The van der Waals surface area contributed by atoms with E-state index in [2.05, 4.69) is 56.1 Å². The lowest BCUT2D eigenvalue weighted by Gasteiger charge is -2.39. The lowest BCUT2D eigenvalue weighted by Crippen LogP contribution is -2.47. The van der Waals surface area contributed by atoms with Crippen LogP contribution in [0.4, 0.5) is 5.82 Å². The van der Waals surface area contributed by atoms with Crippen LogP contribution in [-0.2, 0) is 11.3 Å². The molecule has 1 fully saturated rings. The molecule has 1 saturated heterocycles. The Morgan fingerprint density at radius 1 is 1.09 bits per heavy atom. The summed E-state index contributed by atoms with van der Waals surface area (Å²) in [7, 11) is 0. The van der Waals surface area contributed by atoms with E-state index in [-0.39, 0.29) is 5.91 Å². The zero-order chi connectivity index (χ0) is 22.7. The number of nitrogens with one attached hydrogen (secondary N) is 2. The van der Waals surface area contributed by atoms with Gasteiger partial charge in [-0.1, -0.05) is 24.3 Å². The second kappa shape index (κ2) is 9.48. The molecule has 2 N–H and O–H groups in total. The Kier molecular flexibility index (Phi) is 6.50. The van der Waals surface area contributed by atoms with Crippen molar-refractivity contribution >= 4 is 11.7 Å². The first-order valence-corrected chi connectivity index (χ1v) is 11.1. The Bertz CT molecular complexity index is 1050. The third-order valence-corrected chi connectivity index (χ3v) is 6.21. The Morgan fingerprint density at radius 2 is 1.78 bits per heavy atom. The summed E-state index contributed by atoms with van der Waals surface area (Å²) in [6, 6.07) is 8.48. The quantitative estimate of drug-likeness (QED) is 0.621. The number of carbonyl (C=O) groups is 1. The molecular weight excluding hydrogens is 402 g/mol. The van der Waals surface area contributed by atoms with Gasteiger partial charge in [0.25, 0.3) is 0 Å². The molecule has 1 unspecified atom stereocenters. The minimum atomic E-state index is -0.0307. The van der Waals surface area contributed by atoms with Gasteiger partial charge in [0, 0.05) is 74.9 Å². The van der Waals surface area contributed by atoms with Gasteiger partial charge in [-0.25, -0.2) is 4.98 Å². The highest BCUT2D eigenvalue weighted by molar-refractivity contribution is 5.73. The first-order valence-electron chi connectivity index (χ1n) is 11.1. The molecule has 8 heteroatoms. The van der Waals surface area contributed by atoms with E-state index in [0.29, 0.717) is 12.6 Å². The molecule has 32 heavy (non-hydrogen) atoms. The number of piperazine rings is 1. The maximum atomic E-state index is 11.1. The summed E-state index contributed by atoms with van der Waals surface area (Å²) in [5, 5.41) is 10.3. The van der Waals surface area contributed by atoms with E-state index in [4.69, 9.17) is 0 Å². The number of carbonyl (C=O) groups excluding carboxylic acids is 1. The van der Waals surface area contributed by atoms with Crippen molar-refractivity contribution in [1.29, 1.82) is 0 Å². The van der Waals surface area contributed by atoms with E-state index in [1.807, 2.05) is 24.3 Å². The summed E-state index contributed by atoms with van der Waals surface area (Å²) in [6.07, 6.45) is 3.50. The molecule has 1 aromatic carbocycles. The number of anilines is 1. The Hall–Kier alpha value is -3.26. The molecule has 1 atom stereocenters. The third kappa shape index (κ3) is 4.65. The summed E-state index contributed by atoms with van der Waals surface area (Å²) in [4.78, 5) is 25.3. The maximum Gasteiger partial charge on any atom is 0.217 e. The number of H-pyrrole nitrogens is 1. The summed E-state index contributed by atoms with van der Waals surface area (Å²) in [6.45, 7) is 12.2. The smallest absolute Gasteiger partial charge is 0.217 e. The van der Waals surface area contributed by atoms with Gasteiger partial charge in [-0.15, -0.1) is 0 Å². The fourth-order valence-corrected chi connectivity index (χ4v) is 4.45. The summed E-state index contributed by atoms with van der Waals surface area (Å²) >= 11 is 0. The Morgan fingerprint density at radius 3 is 2.41 bits per heavy atom. The van der Waals surface area contributed by atoms with Crippen LogP contribution in [0.25, 0.3) is 11.3 Å². The number of aromatic amines is 1. The average Bonchev–Trinajstić information content (AvgIpc) is 3.15. The molecule has 168 valence electrons. The van der Waals surface area contributed by atoms with E-state index in [9.17, 15) is 4.79 Å². The number of hydrogen-bond donors (Lipinski definition) is 2. The van der Waals surface area contributed by atoms with Crippen molar-refractivity contribution in [3.8, 4) is 11.3 Å². The molecule has 2 aromatic heterocycles. The first kappa shape index (κ1) is 22.0. The molecule has 0 saturated carbocycles. The molecule has 1 amide bonds. The number of nitrogens with zero attached hydrogens (tertiary/aromatic N) is 5. The largest absolute Gasteiger partial charge is 0.352 e. The molecule has 1 aliphatic heterocycles. The van der Waals surface area contributed by atoms with Crippen molar-refractivity contribution in [3.63, 3.8) is 0 Å². The summed E-state index contributed by atoms with van der Waals surface area (Å²) in [5.41, 5.74) is 6.51. The summed E-state index contributed by atoms with van der Waals surface area (Å²) < 4.78 is 0. The fraction of sp³-hybridized carbons (Fsp3) is 0.417. The first-order chi connectivity index (χ1) is 15.4. The van der Waals surface area contributed by atoms with Crippen LogP contribution in [0.2, 0.25) is 0 Å². The van der Waals surface area contributed by atoms with Crippen LogP contribution in [0.1, 0.15) is 42.4 Å². The predicted molar refractivity (Wildman–Crippen MR) is 125 cm³/mol. The van der Waals surface area contributed by atoms with E-state index in [0.717, 1.165) is 60.2 Å². The highest BCUT2D eigenvalue weighted by Gasteiger charge is 2.27. The van der Waals surface area contributed by atoms with Gasteiger partial charge in [-0.2, -0.15) is 5.10 Å². The van der Waals surface area contributed by atoms with Gasteiger partial charge in [0.2, 0.25) is 5.91 Å². The van der Waals surface area contributed by atoms with Crippen molar-refractivity contribution in [2.75, 3.05) is 31.1 Å². The van der Waals surface area contributed by atoms with Crippen molar-refractivity contribution in [3.05, 3.63) is 59.2 Å². The number of benzene rings is 1. The van der Waals surface area contributed by atoms with Crippen molar-refractivity contribution in [2.45, 2.75) is 40.3 Å². The van der Waals surface area contributed by atoms with Gasteiger partial charge >= 0.3 is 0 Å². The molecule has 0 bridgehead atoms. The molecule has 0 spiro atoms. The minimum absolute atomic E-state index is 0.0307. The van der Waals surface area contributed by atoms with Crippen molar-refractivity contribution in [2.24, 2.45) is 0 Å². The van der Waals surface area contributed by atoms with E-state index in [1.165, 1.54) is 12.5 Å². The van der Waals surface area contributed by atoms with Crippen LogP contribution in [0.15, 0.2) is 36.7 Å². The number of aromatic nitrogens is 4. The van der Waals surface area contributed by atoms with Gasteiger partial charge in [-0.3, -0.25) is 19.8 Å². The van der Waals surface area contributed by atoms with Crippen LogP contribution in [0.3, 0.4) is 0 Å². The van der Waals surface area contributed by atoms with Crippen LogP contribution in [0.5, 0.6) is 0 Å².